The second-order valence-electron chi connectivity index (χ2n) is 6.57. The first-order valence-corrected chi connectivity index (χ1v) is 8.94. The molecule has 1 unspecified atom stereocenters. The third-order valence-corrected chi connectivity index (χ3v) is 4.74. The van der Waals surface area contributed by atoms with Gasteiger partial charge in [0.25, 0.3) is 0 Å². The van der Waals surface area contributed by atoms with Gasteiger partial charge in [-0.15, -0.1) is 0 Å². The predicted octanol–water partition coefficient (Wildman–Crippen LogP) is 3.35. The summed E-state index contributed by atoms with van der Waals surface area (Å²) < 4.78 is 11.7. The summed E-state index contributed by atoms with van der Waals surface area (Å²) in [4.78, 5) is 12.8. The van der Waals surface area contributed by atoms with E-state index in [0.717, 1.165) is 42.8 Å². The zero-order valence-corrected chi connectivity index (χ0v) is 15.0. The van der Waals surface area contributed by atoms with Crippen LogP contribution in [0.15, 0.2) is 54.6 Å². The summed E-state index contributed by atoms with van der Waals surface area (Å²) in [7, 11) is 1.66. The minimum Gasteiger partial charge on any atom is -0.497 e. The second kappa shape index (κ2) is 8.83. The lowest BCUT2D eigenvalue weighted by molar-refractivity contribution is -0.139. The topological polar surface area (TPSA) is 59.0 Å². The van der Waals surface area contributed by atoms with Gasteiger partial charge in [-0.2, -0.15) is 0 Å². The summed E-state index contributed by atoms with van der Waals surface area (Å²) >= 11 is 0. The lowest BCUT2D eigenvalue weighted by Gasteiger charge is -2.33. The molecule has 0 saturated carbocycles. The molecule has 2 aromatic rings. The summed E-state index contributed by atoms with van der Waals surface area (Å²) in [6.45, 7) is 1.61. The van der Waals surface area contributed by atoms with E-state index >= 15 is 0 Å². The number of carboxylic acid groups (broad SMARTS) is 1. The van der Waals surface area contributed by atoms with Crippen LogP contribution in [0.4, 0.5) is 0 Å². The van der Waals surface area contributed by atoms with Crippen molar-refractivity contribution in [3.63, 3.8) is 0 Å². The molecule has 0 aromatic heterocycles. The van der Waals surface area contributed by atoms with Crippen molar-refractivity contribution in [3.05, 3.63) is 65.7 Å². The van der Waals surface area contributed by atoms with Crippen LogP contribution in [0.5, 0.6) is 5.75 Å². The number of likely N-dealkylation sites (tertiary alicyclic amines) is 1. The molecule has 1 aliphatic heterocycles. The molecule has 2 aromatic carbocycles. The van der Waals surface area contributed by atoms with Crippen LogP contribution < -0.4 is 4.74 Å². The molecule has 3 rings (SSSR count). The Balaban J connectivity index is 1.71. The van der Waals surface area contributed by atoms with Crippen molar-refractivity contribution in [2.75, 3.05) is 26.7 Å². The van der Waals surface area contributed by atoms with Gasteiger partial charge >= 0.3 is 5.97 Å². The van der Waals surface area contributed by atoms with Crippen molar-refractivity contribution in [1.29, 1.82) is 0 Å². The van der Waals surface area contributed by atoms with E-state index in [2.05, 4.69) is 12.1 Å². The molecule has 1 atom stereocenters. The van der Waals surface area contributed by atoms with E-state index in [1.54, 1.807) is 7.11 Å². The van der Waals surface area contributed by atoms with Crippen LogP contribution in [0.2, 0.25) is 0 Å². The van der Waals surface area contributed by atoms with Gasteiger partial charge in [0.1, 0.15) is 11.9 Å². The van der Waals surface area contributed by atoms with E-state index in [-0.39, 0.29) is 18.8 Å². The molecular weight excluding hydrogens is 330 g/mol. The smallest absolute Gasteiger partial charge is 0.317 e. The Morgan fingerprint density at radius 3 is 2.27 bits per heavy atom. The maximum absolute atomic E-state index is 10.9. The molecule has 0 bridgehead atoms. The summed E-state index contributed by atoms with van der Waals surface area (Å²) in [6.07, 6.45) is 1.66. The number of aliphatic carboxylic acids is 1. The summed E-state index contributed by atoms with van der Waals surface area (Å²) in [6, 6.07) is 18.2. The number of nitrogens with zero attached hydrogens (tertiary/aromatic N) is 1. The largest absolute Gasteiger partial charge is 0.497 e. The number of hydrogen-bond acceptors (Lipinski definition) is 4. The number of rotatable bonds is 7. The maximum Gasteiger partial charge on any atom is 0.317 e. The summed E-state index contributed by atoms with van der Waals surface area (Å²) in [5.41, 5.74) is 2.20. The number of benzene rings is 2. The third-order valence-electron chi connectivity index (χ3n) is 4.74. The van der Waals surface area contributed by atoms with Crippen LogP contribution in [-0.2, 0) is 9.53 Å². The lowest BCUT2D eigenvalue weighted by atomic mass is 10.00. The van der Waals surface area contributed by atoms with Crippen LogP contribution in [0.3, 0.4) is 0 Å². The van der Waals surface area contributed by atoms with Gasteiger partial charge < -0.3 is 14.6 Å². The molecule has 0 amide bonds. The van der Waals surface area contributed by atoms with Crippen molar-refractivity contribution < 1.29 is 19.4 Å². The Morgan fingerprint density at radius 1 is 1.08 bits per heavy atom. The van der Waals surface area contributed by atoms with E-state index < -0.39 is 5.97 Å². The molecule has 5 heteroatoms. The highest BCUT2D eigenvalue weighted by Crippen LogP contribution is 2.31. The molecule has 0 radical (unpaired) electrons. The van der Waals surface area contributed by atoms with Gasteiger partial charge in [-0.25, -0.2) is 0 Å². The highest BCUT2D eigenvalue weighted by atomic mass is 16.5. The Labute approximate surface area is 154 Å². The van der Waals surface area contributed by atoms with Gasteiger partial charge in [0.15, 0.2) is 0 Å². The Kier molecular flexibility index (Phi) is 6.26. The van der Waals surface area contributed by atoms with Gasteiger partial charge in [0.05, 0.1) is 19.8 Å². The normalized spacial score (nSPS) is 17.0. The number of piperidine rings is 1. The summed E-state index contributed by atoms with van der Waals surface area (Å²) in [5, 5.41) is 8.93. The standard InChI is InChI=1S/C21H25NO4/c1-25-18-9-7-17(8-10-18)21(16-5-3-2-4-6-16)26-19-11-13-22(14-12-19)15-20(23)24/h2-10,19,21H,11-15H2,1H3,(H,23,24). The monoisotopic (exact) mass is 355 g/mol. The SMILES string of the molecule is COc1ccc(C(OC2CCN(CC(=O)O)CC2)c2ccccc2)cc1. The number of carboxylic acids is 1. The van der Waals surface area contributed by atoms with Crippen LogP contribution in [0.1, 0.15) is 30.1 Å². The molecule has 5 nitrogen and oxygen atoms in total. The zero-order chi connectivity index (χ0) is 18.4. The quantitative estimate of drug-likeness (QED) is 0.825. The second-order valence-corrected chi connectivity index (χ2v) is 6.57. The van der Waals surface area contributed by atoms with Gasteiger partial charge in [-0.05, 0) is 36.1 Å². The van der Waals surface area contributed by atoms with Crippen molar-refractivity contribution in [3.8, 4) is 5.75 Å². The van der Waals surface area contributed by atoms with E-state index in [1.165, 1.54) is 0 Å². The lowest BCUT2D eigenvalue weighted by Crippen LogP contribution is -2.40. The molecule has 1 N–H and O–H groups in total. The predicted molar refractivity (Wildman–Crippen MR) is 99.5 cm³/mol. The van der Waals surface area contributed by atoms with Gasteiger partial charge in [-0.3, -0.25) is 9.69 Å². The third kappa shape index (κ3) is 4.84. The average molecular weight is 355 g/mol. The van der Waals surface area contributed by atoms with Crippen molar-refractivity contribution in [2.45, 2.75) is 25.0 Å². The molecule has 26 heavy (non-hydrogen) atoms. The number of carbonyl (C=O) groups is 1. The van der Waals surface area contributed by atoms with Gasteiger partial charge in [-0.1, -0.05) is 42.5 Å². The molecule has 138 valence electrons. The first-order chi connectivity index (χ1) is 12.7. The van der Waals surface area contributed by atoms with Crippen LogP contribution >= 0.6 is 0 Å². The Morgan fingerprint density at radius 2 is 1.69 bits per heavy atom. The van der Waals surface area contributed by atoms with Crippen molar-refractivity contribution in [1.82, 2.24) is 4.90 Å². The Hall–Kier alpha value is -2.37. The average Bonchev–Trinajstić information content (AvgIpc) is 2.68. The molecular formula is C21H25NO4. The molecule has 0 aliphatic carbocycles. The minimum atomic E-state index is -0.773. The summed E-state index contributed by atoms with van der Waals surface area (Å²) in [5.74, 6) is 0.0484. The highest BCUT2D eigenvalue weighted by Gasteiger charge is 2.25. The van der Waals surface area contributed by atoms with E-state index in [4.69, 9.17) is 14.6 Å². The van der Waals surface area contributed by atoms with E-state index in [1.807, 2.05) is 47.4 Å². The van der Waals surface area contributed by atoms with Crippen molar-refractivity contribution >= 4 is 5.97 Å². The highest BCUT2D eigenvalue weighted by molar-refractivity contribution is 5.69. The molecule has 1 saturated heterocycles. The fourth-order valence-electron chi connectivity index (χ4n) is 3.34. The van der Waals surface area contributed by atoms with Crippen LogP contribution in [0, 0.1) is 0 Å². The van der Waals surface area contributed by atoms with Crippen molar-refractivity contribution in [2.24, 2.45) is 0 Å². The van der Waals surface area contributed by atoms with Gasteiger partial charge in [0.2, 0.25) is 0 Å². The van der Waals surface area contributed by atoms with E-state index in [9.17, 15) is 4.79 Å². The fourth-order valence-corrected chi connectivity index (χ4v) is 3.34. The minimum absolute atomic E-state index is 0.104. The number of methoxy groups -OCH3 is 1. The number of hydrogen-bond donors (Lipinski definition) is 1. The molecule has 0 spiro atoms. The Bertz CT molecular complexity index is 694. The van der Waals surface area contributed by atoms with Crippen LogP contribution in [-0.4, -0.2) is 48.8 Å². The first-order valence-electron chi connectivity index (χ1n) is 8.94. The first kappa shape index (κ1) is 18.4. The molecule has 1 fully saturated rings. The van der Waals surface area contributed by atoms with Gasteiger partial charge in [0, 0.05) is 13.1 Å². The maximum atomic E-state index is 10.9. The zero-order valence-electron chi connectivity index (χ0n) is 15.0. The molecule has 1 aliphatic rings. The fraction of sp³-hybridized carbons (Fsp3) is 0.381. The molecule has 1 heterocycles. The number of ether oxygens (including phenoxy) is 2. The van der Waals surface area contributed by atoms with Crippen LogP contribution in [0.25, 0.3) is 0 Å². The van der Waals surface area contributed by atoms with E-state index in [0.29, 0.717) is 0 Å².